The van der Waals surface area contributed by atoms with Crippen LogP contribution >= 0.6 is 0 Å². The predicted molar refractivity (Wildman–Crippen MR) is 547 cm³/mol. The van der Waals surface area contributed by atoms with Crippen molar-refractivity contribution >= 4 is 49.2 Å². The number of fused-ring (bicyclic) bond motifs is 5. The summed E-state index contributed by atoms with van der Waals surface area (Å²) < 4.78 is 167. The van der Waals surface area contributed by atoms with Gasteiger partial charge in [0.2, 0.25) is 0 Å². The Hall–Kier alpha value is -9.93. The number of methoxy groups -OCH3 is 3. The zero-order valence-electron chi connectivity index (χ0n) is 83.4. The van der Waals surface area contributed by atoms with E-state index in [1.54, 1.807) is 62.8 Å². The lowest BCUT2D eigenvalue weighted by molar-refractivity contribution is -0.193. The van der Waals surface area contributed by atoms with Gasteiger partial charge in [-0.3, -0.25) is 16.0 Å². The third kappa shape index (κ3) is 24.4. The van der Waals surface area contributed by atoms with Crippen molar-refractivity contribution in [3.8, 4) is 46.0 Å². The third-order valence-corrected chi connectivity index (χ3v) is 38.0. The van der Waals surface area contributed by atoms with Gasteiger partial charge in [-0.1, -0.05) is 259 Å². The van der Waals surface area contributed by atoms with Crippen molar-refractivity contribution in [3.05, 3.63) is 280 Å². The fraction of sp³-hybridized carbons (Fsp3) is 0.450. The van der Waals surface area contributed by atoms with Crippen LogP contribution in [-0.2, 0) is 49.2 Å². The molecule has 7 N–H and O–H groups in total. The predicted octanol–water partition coefficient (Wildman–Crippen LogP) is 21.3. The fourth-order valence-corrected chi connectivity index (χ4v) is 30.8. The maximum absolute atomic E-state index is 13.7. The minimum Gasteiger partial charge on any atom is -0.504 e. The summed E-state index contributed by atoms with van der Waals surface area (Å²) in [5.41, 5.74) is 4.46. The number of benzene rings is 10. The van der Waals surface area contributed by atoms with Crippen LogP contribution in [0.2, 0.25) is 0 Å². The summed E-state index contributed by atoms with van der Waals surface area (Å²) in [4.78, 5) is 1.21. The molecule has 0 aromatic heterocycles. The van der Waals surface area contributed by atoms with Crippen molar-refractivity contribution in [2.75, 3.05) is 63.3 Å². The molecular formula is C109H143N5O20S5. The molecule has 0 fully saturated rings. The lowest BCUT2D eigenvalue weighted by Crippen LogP contribution is -2.51. The Morgan fingerprint density at radius 1 is 0.331 bits per heavy atom. The monoisotopic (exact) mass is 2000 g/mol. The van der Waals surface area contributed by atoms with Crippen LogP contribution in [0, 0.1) is 0 Å². The average Bonchev–Trinajstić information content (AvgIpc) is 1.59. The Kier molecular flexibility index (Phi) is 36.9. The van der Waals surface area contributed by atoms with Crippen LogP contribution in [0.25, 0.3) is 0 Å². The molecule has 0 radical (unpaired) electrons. The van der Waals surface area contributed by atoms with Crippen molar-refractivity contribution in [3.63, 3.8) is 0 Å². The van der Waals surface area contributed by atoms with Gasteiger partial charge >= 0.3 is 0 Å². The number of unbranched alkanes of at least 4 members (excludes halogenated alkanes) is 2. The Balaban J connectivity index is 0.000000167. The zero-order chi connectivity index (χ0) is 101. The number of nitrogens with one attached hydrogen (secondary N) is 3. The number of aromatic hydroxyl groups is 2. The van der Waals surface area contributed by atoms with E-state index in [0.717, 1.165) is 71.9 Å². The lowest BCUT2D eigenvalue weighted by atomic mass is 9.87. The Bertz CT molecular complexity index is 6380. The molecule has 139 heavy (non-hydrogen) atoms. The van der Waals surface area contributed by atoms with Crippen LogP contribution in [0.3, 0.4) is 0 Å². The molecule has 5 aliphatic heterocycles. The number of nitrogens with zero attached hydrogens (tertiary/aromatic N) is 2. The molecule has 7 atom stereocenters. The molecule has 30 heteroatoms. The van der Waals surface area contributed by atoms with E-state index in [0.29, 0.717) is 131 Å². The quantitative estimate of drug-likeness (QED) is 0.0224. The van der Waals surface area contributed by atoms with Crippen LogP contribution in [0.15, 0.2) is 249 Å². The molecule has 0 spiro atoms. The van der Waals surface area contributed by atoms with Crippen molar-refractivity contribution in [2.45, 2.75) is 275 Å². The Morgan fingerprint density at radius 2 is 0.633 bits per heavy atom. The van der Waals surface area contributed by atoms with Gasteiger partial charge in [-0.05, 0) is 190 Å². The number of sulfone groups is 5. The maximum atomic E-state index is 13.7. The van der Waals surface area contributed by atoms with E-state index in [1.807, 2.05) is 247 Å². The second kappa shape index (κ2) is 46.9. The molecule has 0 saturated heterocycles. The summed E-state index contributed by atoms with van der Waals surface area (Å²) in [6, 6.07) is 66.5. The Morgan fingerprint density at radius 3 is 1.01 bits per heavy atom. The SMILES string of the molecule is CCC1(CC)CS(=O)(=O)c2cc(O)c(O)cc2C(c2ccccc2)N1.CCC1(CC)CS(=O)(=O)c2cc(OC)c(OC)cc2C(c2ccccc2)N1.CCC1(CC)CS(=O)(=O)c2cc(OC)ccc2C(c2ccccc2)N1.CCCC[C@]1(CC)CS(=O)(=O)c2cc(OC(C)C)ccc2[C@@H](c2ccccc2)N1O.CCCC[C@]1(CC)CS(=O)(=O)c2cc(OCC)c(OCC)cc2[C@@H](c2ccccc2)N1O. The standard InChI is InChI=1S/C25H35NO5S.C24H33NO4S.C21H27NO4S.C20H25NO3S.C19H23NO4S/c1-5-9-15-25(6-2)18-32(28,29)23-17-22(31-8-4)21(30-7-3)16-20(23)24(26(25)27)19-13-11-10-12-14-19;1-5-7-15-24(6-2)17-30(27,28)22-16-20(29-18(3)4)13-14-21(22)23(25(24)26)19-11-9-8-10-12-19;1-5-21(6-2)14-27(23,24)19-13-18(26-4)17(25-3)12-16(19)20(22-21)15-10-8-7-9-11-15;1-4-20(5-2)14-25(22,23)18-13-16(24-3)11-12-17(18)19(21-20)15-9-7-6-8-10-15;1-3-19(4-2)12-25(23,24)17-11-16(22)15(21)10-14(17)18(20-19)13-8-6-5-7-9-13/h10-14,16-17,24,27H,5-9,15,18H2,1-4H3;8-14,16,18,23,26H,5-7,15,17H2,1-4H3;7-13,20,22H,5-6,14H2,1-4H3;6-13,19,21H,4-5,14H2,1-3H3;5-11,18,20-22H,3-4,12H2,1-2H3/t24-,25-;23-,24-;;;/m11.../s1. The molecule has 0 saturated carbocycles. The van der Waals surface area contributed by atoms with E-state index >= 15 is 0 Å². The first-order valence-electron chi connectivity index (χ1n) is 48.6. The van der Waals surface area contributed by atoms with Gasteiger partial charge in [0.15, 0.2) is 83.7 Å². The van der Waals surface area contributed by atoms with Crippen LogP contribution in [0.1, 0.15) is 273 Å². The van der Waals surface area contributed by atoms with E-state index in [2.05, 4.69) is 29.8 Å². The number of ether oxygens (including phenoxy) is 6. The highest BCUT2D eigenvalue weighted by Gasteiger charge is 2.52. The van der Waals surface area contributed by atoms with Crippen molar-refractivity contribution in [1.29, 1.82) is 0 Å². The highest BCUT2D eigenvalue weighted by molar-refractivity contribution is 7.92. The van der Waals surface area contributed by atoms with E-state index in [1.165, 1.54) is 29.4 Å². The lowest BCUT2D eigenvalue weighted by Gasteiger charge is -2.42. The van der Waals surface area contributed by atoms with E-state index in [4.69, 9.17) is 28.4 Å². The molecule has 5 heterocycles. The van der Waals surface area contributed by atoms with Crippen molar-refractivity contribution in [2.24, 2.45) is 0 Å². The van der Waals surface area contributed by atoms with Gasteiger partial charge in [0.05, 0.1) is 135 Å². The van der Waals surface area contributed by atoms with Gasteiger partial charge in [-0.25, -0.2) is 42.1 Å². The molecule has 10 aromatic rings. The van der Waals surface area contributed by atoms with Gasteiger partial charge in [0, 0.05) is 34.8 Å². The summed E-state index contributed by atoms with van der Waals surface area (Å²) >= 11 is 0. The molecule has 0 aliphatic carbocycles. The van der Waals surface area contributed by atoms with Crippen LogP contribution in [-0.4, -0.2) is 170 Å². The molecule has 754 valence electrons. The smallest absolute Gasteiger partial charge is 0.180 e. The molecule has 10 aromatic carbocycles. The maximum Gasteiger partial charge on any atom is 0.180 e. The van der Waals surface area contributed by atoms with Crippen molar-refractivity contribution in [1.82, 2.24) is 26.1 Å². The minimum absolute atomic E-state index is 0.0481. The summed E-state index contributed by atoms with van der Waals surface area (Å²) in [5, 5.41) is 56.6. The van der Waals surface area contributed by atoms with E-state index in [9.17, 15) is 62.7 Å². The summed E-state index contributed by atoms with van der Waals surface area (Å²) in [7, 11) is -13.3. The first-order chi connectivity index (χ1) is 66.2. The molecule has 0 amide bonds. The summed E-state index contributed by atoms with van der Waals surface area (Å²) in [5.74, 6) is 2.02. The number of phenols is 2. The van der Waals surface area contributed by atoms with Gasteiger partial charge in [-0.15, -0.1) is 0 Å². The number of rotatable bonds is 28. The van der Waals surface area contributed by atoms with Crippen molar-refractivity contribution < 1.29 is 91.1 Å². The number of phenolic OH excluding ortho intramolecular Hbond substituents is 2. The Labute approximate surface area is 825 Å². The normalized spacial score (nSPS) is 21.9. The average molecular weight is 2000 g/mol. The number of hydrogen-bond donors (Lipinski definition) is 7. The first kappa shape index (κ1) is 109. The highest BCUT2D eigenvalue weighted by Crippen LogP contribution is 2.52. The van der Waals surface area contributed by atoms with E-state index in [-0.39, 0.29) is 73.4 Å². The van der Waals surface area contributed by atoms with Gasteiger partial charge in [-0.2, -0.15) is 10.1 Å². The fourth-order valence-electron chi connectivity index (χ4n) is 19.8. The largest absolute Gasteiger partial charge is 0.504 e. The number of hydrogen-bond acceptors (Lipinski definition) is 25. The zero-order valence-corrected chi connectivity index (χ0v) is 87.5. The molecule has 0 bridgehead atoms. The minimum atomic E-state index is -3.71. The molecule has 25 nitrogen and oxygen atoms in total. The first-order valence-corrected chi connectivity index (χ1v) is 56.9. The molecule has 5 aliphatic rings. The summed E-state index contributed by atoms with van der Waals surface area (Å²) in [6.07, 6.45) is 9.94. The van der Waals surface area contributed by atoms with Gasteiger partial charge in [0.1, 0.15) is 11.5 Å². The topological polar surface area (TPSA) is 350 Å². The number of hydroxylamine groups is 4. The van der Waals surface area contributed by atoms with Gasteiger partial charge < -0.3 is 49.0 Å². The van der Waals surface area contributed by atoms with Gasteiger partial charge in [0.25, 0.3) is 0 Å². The van der Waals surface area contributed by atoms with Crippen LogP contribution in [0.5, 0.6) is 46.0 Å². The third-order valence-electron chi connectivity index (χ3n) is 28.2. The highest BCUT2D eigenvalue weighted by atomic mass is 32.2. The summed E-state index contributed by atoms with van der Waals surface area (Å²) in [6.45, 7) is 28.5. The second-order valence-corrected chi connectivity index (χ2v) is 46.8. The molecule has 15 rings (SSSR count). The van der Waals surface area contributed by atoms with Crippen LogP contribution < -0.4 is 44.4 Å². The molecule has 3 unspecified atom stereocenters. The van der Waals surface area contributed by atoms with E-state index < -0.39 is 94.7 Å². The second-order valence-electron chi connectivity index (χ2n) is 37.0. The molecular weight excluding hydrogens is 1860 g/mol. The van der Waals surface area contributed by atoms with Crippen LogP contribution in [0.4, 0.5) is 0 Å².